The van der Waals surface area contributed by atoms with Crippen LogP contribution in [0.25, 0.3) is 11.5 Å². The molecule has 0 bridgehead atoms. The minimum Gasteiger partial charge on any atom is -0.444 e. The number of nitrogens with zero attached hydrogens (tertiary/aromatic N) is 1. The van der Waals surface area contributed by atoms with E-state index in [0.717, 1.165) is 16.3 Å². The first-order valence-corrected chi connectivity index (χ1v) is 6.42. The Bertz CT molecular complexity index is 497. The fraction of sp³-hybridized carbons (Fsp3) is 0.357. The molecule has 3 rings (SSSR count). The third-order valence-corrected chi connectivity index (χ3v) is 3.64. The number of oxazole rings is 1. The monoisotopic (exact) mass is 247 g/mol. The lowest BCUT2D eigenvalue weighted by atomic mass is 10.1. The normalized spacial score (nSPS) is 16.5. The van der Waals surface area contributed by atoms with Crippen LogP contribution in [0.3, 0.4) is 0 Å². The quantitative estimate of drug-likeness (QED) is 0.772. The summed E-state index contributed by atoms with van der Waals surface area (Å²) in [6.45, 7) is 0. The fourth-order valence-electron chi connectivity index (χ4n) is 2.42. The summed E-state index contributed by atoms with van der Waals surface area (Å²) in [5, 5.41) is 0.733. The highest BCUT2D eigenvalue weighted by Crippen LogP contribution is 2.34. The van der Waals surface area contributed by atoms with E-state index in [9.17, 15) is 0 Å². The Morgan fingerprint density at radius 2 is 1.82 bits per heavy atom. The maximum atomic E-state index is 5.86. The molecular weight excluding hydrogens is 234 g/mol. The summed E-state index contributed by atoms with van der Waals surface area (Å²) in [4.78, 5) is 4.58. The van der Waals surface area contributed by atoms with Crippen LogP contribution in [-0.4, -0.2) is 4.98 Å². The second kappa shape index (κ2) is 4.53. The third kappa shape index (κ3) is 2.22. The summed E-state index contributed by atoms with van der Waals surface area (Å²) in [6.07, 6.45) is 6.92. The van der Waals surface area contributed by atoms with E-state index in [1.807, 2.05) is 24.3 Å². The second-order valence-electron chi connectivity index (χ2n) is 4.57. The predicted molar refractivity (Wildman–Crippen MR) is 68.2 cm³/mol. The maximum Gasteiger partial charge on any atom is 0.226 e. The molecule has 17 heavy (non-hydrogen) atoms. The number of halogens is 1. The highest BCUT2D eigenvalue weighted by Gasteiger charge is 2.20. The van der Waals surface area contributed by atoms with Gasteiger partial charge in [0.05, 0.1) is 5.69 Å². The van der Waals surface area contributed by atoms with E-state index < -0.39 is 0 Å². The van der Waals surface area contributed by atoms with E-state index in [-0.39, 0.29) is 0 Å². The van der Waals surface area contributed by atoms with Gasteiger partial charge < -0.3 is 4.42 Å². The number of benzene rings is 1. The van der Waals surface area contributed by atoms with Crippen LogP contribution >= 0.6 is 11.6 Å². The fourth-order valence-corrected chi connectivity index (χ4v) is 2.55. The zero-order valence-electron chi connectivity index (χ0n) is 9.53. The van der Waals surface area contributed by atoms with E-state index in [2.05, 4.69) is 4.98 Å². The van der Waals surface area contributed by atoms with Crippen LogP contribution in [0.4, 0.5) is 0 Å². The van der Waals surface area contributed by atoms with Gasteiger partial charge in [0.15, 0.2) is 0 Å². The van der Waals surface area contributed by atoms with Crippen molar-refractivity contribution in [3.63, 3.8) is 0 Å². The first-order valence-electron chi connectivity index (χ1n) is 6.04. The van der Waals surface area contributed by atoms with E-state index in [1.165, 1.54) is 25.7 Å². The predicted octanol–water partition coefficient (Wildman–Crippen LogP) is 4.65. The Morgan fingerprint density at radius 3 is 2.53 bits per heavy atom. The molecule has 1 aliphatic rings. The molecule has 1 aliphatic carbocycles. The largest absolute Gasteiger partial charge is 0.444 e. The molecule has 0 amide bonds. The van der Waals surface area contributed by atoms with Crippen molar-refractivity contribution in [3.8, 4) is 11.5 Å². The SMILES string of the molecule is Clc1ccc(-c2nc(C3CCCC3)co2)cc1. The van der Waals surface area contributed by atoms with Crippen LogP contribution in [0.5, 0.6) is 0 Å². The van der Waals surface area contributed by atoms with Crippen LogP contribution in [0.1, 0.15) is 37.3 Å². The van der Waals surface area contributed by atoms with Crippen molar-refractivity contribution < 1.29 is 4.42 Å². The summed E-state index contributed by atoms with van der Waals surface area (Å²) >= 11 is 5.86. The molecule has 1 heterocycles. The van der Waals surface area contributed by atoms with Gasteiger partial charge in [-0.1, -0.05) is 24.4 Å². The molecule has 0 spiro atoms. The second-order valence-corrected chi connectivity index (χ2v) is 5.00. The van der Waals surface area contributed by atoms with Crippen LogP contribution in [0.2, 0.25) is 5.02 Å². The van der Waals surface area contributed by atoms with Gasteiger partial charge in [0.1, 0.15) is 6.26 Å². The molecule has 1 aromatic carbocycles. The number of rotatable bonds is 2. The molecule has 0 aliphatic heterocycles. The van der Waals surface area contributed by atoms with Crippen LogP contribution in [0.15, 0.2) is 34.9 Å². The minimum absolute atomic E-state index is 0.597. The molecule has 1 aromatic heterocycles. The van der Waals surface area contributed by atoms with Crippen molar-refractivity contribution in [2.75, 3.05) is 0 Å². The molecule has 0 radical (unpaired) electrons. The Morgan fingerprint density at radius 1 is 1.12 bits per heavy atom. The summed E-state index contributed by atoms with van der Waals surface area (Å²) in [7, 11) is 0. The first kappa shape index (κ1) is 10.8. The van der Waals surface area contributed by atoms with Crippen molar-refractivity contribution in [1.82, 2.24) is 4.98 Å². The van der Waals surface area contributed by atoms with Crippen molar-refractivity contribution >= 4 is 11.6 Å². The van der Waals surface area contributed by atoms with E-state index in [4.69, 9.17) is 16.0 Å². The molecule has 0 N–H and O–H groups in total. The lowest BCUT2D eigenvalue weighted by molar-refractivity contribution is 0.568. The van der Waals surface area contributed by atoms with Gasteiger partial charge in [0, 0.05) is 16.5 Å². The maximum absolute atomic E-state index is 5.86. The topological polar surface area (TPSA) is 26.0 Å². The Hall–Kier alpha value is -1.28. The standard InChI is InChI=1S/C14H14ClNO/c15-12-7-5-11(6-8-12)14-16-13(9-17-14)10-3-1-2-4-10/h5-10H,1-4H2. The van der Waals surface area contributed by atoms with E-state index in [1.54, 1.807) is 6.26 Å². The average molecular weight is 248 g/mol. The molecule has 2 aromatic rings. The lowest BCUT2D eigenvalue weighted by Crippen LogP contribution is -1.91. The zero-order valence-corrected chi connectivity index (χ0v) is 10.3. The van der Waals surface area contributed by atoms with Crippen LogP contribution < -0.4 is 0 Å². The van der Waals surface area contributed by atoms with Crippen molar-refractivity contribution in [1.29, 1.82) is 0 Å². The lowest BCUT2D eigenvalue weighted by Gasteiger charge is -2.01. The van der Waals surface area contributed by atoms with Gasteiger partial charge in [-0.3, -0.25) is 0 Å². The zero-order chi connectivity index (χ0) is 11.7. The summed E-state index contributed by atoms with van der Waals surface area (Å²) in [5.41, 5.74) is 2.09. The van der Waals surface area contributed by atoms with E-state index in [0.29, 0.717) is 11.8 Å². The van der Waals surface area contributed by atoms with Gasteiger partial charge in [-0.15, -0.1) is 0 Å². The van der Waals surface area contributed by atoms with Crippen molar-refractivity contribution in [2.45, 2.75) is 31.6 Å². The Labute approximate surface area is 106 Å². The van der Waals surface area contributed by atoms with Crippen molar-refractivity contribution in [3.05, 3.63) is 41.2 Å². The first-order chi connectivity index (χ1) is 8.33. The molecular formula is C14H14ClNO. The van der Waals surface area contributed by atoms with E-state index >= 15 is 0 Å². The minimum atomic E-state index is 0.597. The molecule has 1 saturated carbocycles. The molecule has 3 heteroatoms. The van der Waals surface area contributed by atoms with Gasteiger partial charge in [-0.25, -0.2) is 4.98 Å². The number of hydrogen-bond donors (Lipinski definition) is 0. The van der Waals surface area contributed by atoms with Gasteiger partial charge in [-0.05, 0) is 37.1 Å². The van der Waals surface area contributed by atoms with Crippen molar-refractivity contribution in [2.24, 2.45) is 0 Å². The van der Waals surface area contributed by atoms with Crippen LogP contribution in [0, 0.1) is 0 Å². The summed E-state index contributed by atoms with van der Waals surface area (Å²) in [5.74, 6) is 1.29. The molecule has 1 fully saturated rings. The molecule has 0 atom stereocenters. The van der Waals surface area contributed by atoms with Gasteiger partial charge >= 0.3 is 0 Å². The van der Waals surface area contributed by atoms with Gasteiger partial charge in [-0.2, -0.15) is 0 Å². The molecule has 88 valence electrons. The Kier molecular flexibility index (Phi) is 2.89. The molecule has 2 nitrogen and oxygen atoms in total. The highest BCUT2D eigenvalue weighted by atomic mass is 35.5. The summed E-state index contributed by atoms with van der Waals surface area (Å²) < 4.78 is 5.55. The van der Waals surface area contributed by atoms with Gasteiger partial charge in [0.25, 0.3) is 0 Å². The van der Waals surface area contributed by atoms with Gasteiger partial charge in [0.2, 0.25) is 5.89 Å². The molecule has 0 saturated heterocycles. The Balaban J connectivity index is 1.86. The number of hydrogen-bond acceptors (Lipinski definition) is 2. The highest BCUT2D eigenvalue weighted by molar-refractivity contribution is 6.30. The van der Waals surface area contributed by atoms with Crippen LogP contribution in [-0.2, 0) is 0 Å². The average Bonchev–Trinajstić information content (AvgIpc) is 3.00. The third-order valence-electron chi connectivity index (χ3n) is 3.39. The smallest absolute Gasteiger partial charge is 0.226 e. The molecule has 0 unspecified atom stereocenters. The number of aromatic nitrogens is 1. The summed E-state index contributed by atoms with van der Waals surface area (Å²) in [6, 6.07) is 7.59.